The van der Waals surface area contributed by atoms with Crippen LogP contribution in [0, 0.1) is 0 Å². The summed E-state index contributed by atoms with van der Waals surface area (Å²) in [6.45, 7) is 5.92. The fourth-order valence-corrected chi connectivity index (χ4v) is 2.70. The predicted molar refractivity (Wildman–Crippen MR) is 110 cm³/mol. The number of carbonyl (C=O) groups excluding carboxylic acids is 2. The number of anilines is 1. The standard InChI is InChI=1S/C20H23ClN4O2/c1-3-25(4-2)16-11-9-15(10-12-16)13-23-24-19(26)14-22-20(27)17-7-5-6-8-18(17)21/h5-13H,3-4,14H2,1-2H3,(H,22,27)(H,24,26)/b23-13+. The molecule has 0 bridgehead atoms. The van der Waals surface area contributed by atoms with Crippen LogP contribution in [-0.2, 0) is 4.79 Å². The van der Waals surface area contributed by atoms with E-state index in [1.54, 1.807) is 30.5 Å². The van der Waals surface area contributed by atoms with Gasteiger partial charge in [-0.05, 0) is 43.7 Å². The fourth-order valence-electron chi connectivity index (χ4n) is 2.48. The van der Waals surface area contributed by atoms with Gasteiger partial charge in [-0.1, -0.05) is 35.9 Å². The van der Waals surface area contributed by atoms with Crippen molar-refractivity contribution in [1.29, 1.82) is 0 Å². The Morgan fingerprint density at radius 2 is 1.74 bits per heavy atom. The summed E-state index contributed by atoms with van der Waals surface area (Å²) in [4.78, 5) is 26.0. The number of benzene rings is 2. The van der Waals surface area contributed by atoms with Gasteiger partial charge in [-0.3, -0.25) is 9.59 Å². The van der Waals surface area contributed by atoms with Gasteiger partial charge in [0.25, 0.3) is 11.8 Å². The Hall–Kier alpha value is -2.86. The molecule has 0 unspecified atom stereocenters. The first kappa shape index (κ1) is 20.5. The molecule has 2 N–H and O–H groups in total. The van der Waals surface area contributed by atoms with E-state index in [2.05, 4.69) is 34.6 Å². The molecule has 27 heavy (non-hydrogen) atoms. The van der Waals surface area contributed by atoms with Gasteiger partial charge in [-0.25, -0.2) is 5.43 Å². The molecular formula is C20H23ClN4O2. The summed E-state index contributed by atoms with van der Waals surface area (Å²) in [5, 5.41) is 6.75. The van der Waals surface area contributed by atoms with Crippen LogP contribution in [0.1, 0.15) is 29.8 Å². The minimum Gasteiger partial charge on any atom is -0.372 e. The molecule has 0 heterocycles. The lowest BCUT2D eigenvalue weighted by molar-refractivity contribution is -0.120. The van der Waals surface area contributed by atoms with Crippen LogP contribution in [0.15, 0.2) is 53.6 Å². The van der Waals surface area contributed by atoms with E-state index in [1.807, 2.05) is 24.3 Å². The largest absolute Gasteiger partial charge is 0.372 e. The molecule has 0 saturated carbocycles. The van der Waals surface area contributed by atoms with E-state index in [-0.39, 0.29) is 6.54 Å². The van der Waals surface area contributed by atoms with Crippen molar-refractivity contribution in [2.75, 3.05) is 24.5 Å². The molecular weight excluding hydrogens is 364 g/mol. The minimum absolute atomic E-state index is 0.192. The first-order valence-electron chi connectivity index (χ1n) is 8.74. The number of hydrogen-bond donors (Lipinski definition) is 2. The van der Waals surface area contributed by atoms with E-state index < -0.39 is 11.8 Å². The Morgan fingerprint density at radius 1 is 1.07 bits per heavy atom. The molecule has 0 atom stereocenters. The molecule has 2 aromatic carbocycles. The van der Waals surface area contributed by atoms with Gasteiger partial charge in [-0.15, -0.1) is 0 Å². The van der Waals surface area contributed by atoms with Crippen LogP contribution in [0.25, 0.3) is 0 Å². The molecule has 0 aliphatic carbocycles. The van der Waals surface area contributed by atoms with Crippen LogP contribution in [0.4, 0.5) is 5.69 Å². The van der Waals surface area contributed by atoms with Crippen LogP contribution >= 0.6 is 11.6 Å². The van der Waals surface area contributed by atoms with E-state index in [0.717, 1.165) is 24.3 Å². The highest BCUT2D eigenvalue weighted by molar-refractivity contribution is 6.33. The summed E-state index contributed by atoms with van der Waals surface area (Å²) in [5.41, 5.74) is 4.72. The van der Waals surface area contributed by atoms with Crippen molar-refractivity contribution in [3.63, 3.8) is 0 Å². The van der Waals surface area contributed by atoms with Crippen LogP contribution in [0.2, 0.25) is 5.02 Å². The third-order valence-electron chi connectivity index (χ3n) is 3.95. The number of nitrogens with one attached hydrogen (secondary N) is 2. The Morgan fingerprint density at radius 3 is 2.37 bits per heavy atom. The first-order chi connectivity index (χ1) is 13.0. The number of amides is 2. The summed E-state index contributed by atoms with van der Waals surface area (Å²) in [6, 6.07) is 14.5. The van der Waals surface area contributed by atoms with Crippen LogP contribution in [-0.4, -0.2) is 37.7 Å². The molecule has 142 valence electrons. The smallest absolute Gasteiger partial charge is 0.259 e. The summed E-state index contributed by atoms with van der Waals surface area (Å²) < 4.78 is 0. The van der Waals surface area contributed by atoms with E-state index >= 15 is 0 Å². The second-order valence-electron chi connectivity index (χ2n) is 5.72. The van der Waals surface area contributed by atoms with Crippen LogP contribution in [0.5, 0.6) is 0 Å². The summed E-state index contributed by atoms with van der Waals surface area (Å²) in [5.74, 6) is -0.835. The average molecular weight is 387 g/mol. The van der Waals surface area contributed by atoms with Crippen LogP contribution in [0.3, 0.4) is 0 Å². The van der Waals surface area contributed by atoms with E-state index in [9.17, 15) is 9.59 Å². The molecule has 0 aliphatic heterocycles. The molecule has 0 fully saturated rings. The van der Waals surface area contributed by atoms with Crippen molar-refractivity contribution >= 4 is 35.3 Å². The number of hydrogen-bond acceptors (Lipinski definition) is 4. The molecule has 7 heteroatoms. The van der Waals surface area contributed by atoms with Gasteiger partial charge in [0.1, 0.15) is 0 Å². The Balaban J connectivity index is 1.81. The van der Waals surface area contributed by atoms with Gasteiger partial charge in [0, 0.05) is 18.8 Å². The molecule has 0 aromatic heterocycles. The van der Waals surface area contributed by atoms with Gasteiger partial charge >= 0.3 is 0 Å². The number of rotatable bonds is 8. The number of carbonyl (C=O) groups is 2. The maximum atomic E-state index is 12.0. The lowest BCUT2D eigenvalue weighted by atomic mass is 10.2. The summed E-state index contributed by atoms with van der Waals surface area (Å²) >= 11 is 5.95. The van der Waals surface area contributed by atoms with Crippen molar-refractivity contribution < 1.29 is 9.59 Å². The molecule has 2 rings (SSSR count). The van der Waals surface area contributed by atoms with Gasteiger partial charge < -0.3 is 10.2 Å². The van der Waals surface area contributed by atoms with Crippen molar-refractivity contribution in [1.82, 2.24) is 10.7 Å². The Bertz CT molecular complexity index is 802. The van der Waals surface area contributed by atoms with Gasteiger partial charge in [0.2, 0.25) is 0 Å². The minimum atomic E-state index is -0.425. The van der Waals surface area contributed by atoms with Crippen molar-refractivity contribution in [2.45, 2.75) is 13.8 Å². The van der Waals surface area contributed by atoms with Crippen molar-refractivity contribution in [2.24, 2.45) is 5.10 Å². The van der Waals surface area contributed by atoms with Crippen molar-refractivity contribution in [3.8, 4) is 0 Å². The third kappa shape index (κ3) is 6.11. The highest BCUT2D eigenvalue weighted by Gasteiger charge is 2.10. The van der Waals surface area contributed by atoms with E-state index in [4.69, 9.17) is 11.6 Å². The quantitative estimate of drug-likeness (QED) is 0.541. The average Bonchev–Trinajstić information content (AvgIpc) is 2.68. The first-order valence-corrected chi connectivity index (χ1v) is 9.12. The zero-order chi connectivity index (χ0) is 19.6. The SMILES string of the molecule is CCN(CC)c1ccc(/C=N/NC(=O)CNC(=O)c2ccccc2Cl)cc1. The van der Waals surface area contributed by atoms with Gasteiger partial charge in [0.05, 0.1) is 23.3 Å². The third-order valence-corrected chi connectivity index (χ3v) is 4.28. The Kier molecular flexibility index (Phi) is 7.82. The van der Waals surface area contributed by atoms with Gasteiger partial charge in [-0.2, -0.15) is 5.10 Å². The number of nitrogens with zero attached hydrogens (tertiary/aromatic N) is 2. The lowest BCUT2D eigenvalue weighted by Gasteiger charge is -2.20. The molecule has 6 nitrogen and oxygen atoms in total. The number of hydrazone groups is 1. The number of halogens is 1. The fraction of sp³-hybridized carbons (Fsp3) is 0.250. The zero-order valence-corrected chi connectivity index (χ0v) is 16.2. The second kappa shape index (κ2) is 10.3. The normalized spacial score (nSPS) is 10.6. The van der Waals surface area contributed by atoms with Crippen molar-refractivity contribution in [3.05, 3.63) is 64.7 Å². The Labute approximate surface area is 164 Å². The molecule has 0 aliphatic rings. The highest BCUT2D eigenvalue weighted by atomic mass is 35.5. The van der Waals surface area contributed by atoms with E-state index in [0.29, 0.717) is 10.6 Å². The topological polar surface area (TPSA) is 73.8 Å². The molecule has 2 aromatic rings. The molecule has 2 amide bonds. The summed E-state index contributed by atoms with van der Waals surface area (Å²) in [7, 11) is 0. The lowest BCUT2D eigenvalue weighted by Crippen LogP contribution is -2.35. The molecule has 0 spiro atoms. The summed E-state index contributed by atoms with van der Waals surface area (Å²) in [6.07, 6.45) is 1.56. The van der Waals surface area contributed by atoms with Crippen LogP contribution < -0.4 is 15.6 Å². The molecule has 0 radical (unpaired) electrons. The maximum Gasteiger partial charge on any atom is 0.259 e. The monoisotopic (exact) mass is 386 g/mol. The van der Waals surface area contributed by atoms with Gasteiger partial charge in [0.15, 0.2) is 0 Å². The maximum absolute atomic E-state index is 12.0. The van der Waals surface area contributed by atoms with E-state index in [1.165, 1.54) is 0 Å². The second-order valence-corrected chi connectivity index (χ2v) is 6.13. The highest BCUT2D eigenvalue weighted by Crippen LogP contribution is 2.15. The molecule has 0 saturated heterocycles. The predicted octanol–water partition coefficient (Wildman–Crippen LogP) is 3.07. The zero-order valence-electron chi connectivity index (χ0n) is 15.4.